The summed E-state index contributed by atoms with van der Waals surface area (Å²) in [5, 5.41) is 14.9. The molecule has 0 radical (unpaired) electrons. The lowest BCUT2D eigenvalue weighted by molar-refractivity contribution is -0.385. The molecular weight excluding hydrogens is 346 g/mol. The van der Waals surface area contributed by atoms with Crippen LogP contribution in [0.15, 0.2) is 30.6 Å². The first-order chi connectivity index (χ1) is 12.5. The van der Waals surface area contributed by atoms with Crippen LogP contribution in [0.5, 0.6) is 11.5 Å². The lowest BCUT2D eigenvalue weighted by atomic mass is 10.3. The predicted octanol–water partition coefficient (Wildman–Crippen LogP) is 1.68. The van der Waals surface area contributed by atoms with Crippen molar-refractivity contribution in [3.05, 3.63) is 46.3 Å². The first-order valence-electron chi connectivity index (χ1n) is 7.68. The van der Waals surface area contributed by atoms with Crippen molar-refractivity contribution >= 4 is 11.7 Å². The molecule has 2 rings (SSSR count). The Labute approximate surface area is 149 Å². The van der Waals surface area contributed by atoms with Crippen molar-refractivity contribution in [3.63, 3.8) is 0 Å². The molecule has 0 saturated heterocycles. The molecule has 1 heterocycles. The second-order valence-electron chi connectivity index (χ2n) is 5.07. The fraction of sp³-hybridized carbons (Fsp3) is 0.375. The molecule has 0 N–H and O–H groups in total. The fourth-order valence-electron chi connectivity index (χ4n) is 2.05. The monoisotopic (exact) mass is 365 g/mol. The van der Waals surface area contributed by atoms with Crippen molar-refractivity contribution in [2.75, 3.05) is 34.0 Å². The highest BCUT2D eigenvalue weighted by molar-refractivity contribution is 5.88. The Morgan fingerprint density at radius 1 is 1.19 bits per heavy atom. The first-order valence-corrected chi connectivity index (χ1v) is 7.68. The van der Waals surface area contributed by atoms with Crippen LogP contribution in [-0.2, 0) is 16.0 Å². The number of carbonyl (C=O) groups is 1. The standard InChI is InChI=1S/C16H19N3O7/c1-23-14-7-13(19(21)22)8-15(9-14)26-6-5-25-4-3-18-11-12(10-17-18)16(20)24-2/h7-11H,3-6H2,1-2H3. The summed E-state index contributed by atoms with van der Waals surface area (Å²) in [6, 6.07) is 4.20. The summed E-state index contributed by atoms with van der Waals surface area (Å²) in [6.45, 7) is 1.33. The number of ether oxygens (including phenoxy) is 4. The summed E-state index contributed by atoms with van der Waals surface area (Å²) in [5.74, 6) is 0.225. The molecule has 10 nitrogen and oxygen atoms in total. The highest BCUT2D eigenvalue weighted by Crippen LogP contribution is 2.27. The number of nitrogens with zero attached hydrogens (tertiary/aromatic N) is 3. The van der Waals surface area contributed by atoms with Gasteiger partial charge in [-0.1, -0.05) is 0 Å². The van der Waals surface area contributed by atoms with E-state index < -0.39 is 10.9 Å². The largest absolute Gasteiger partial charge is 0.496 e. The van der Waals surface area contributed by atoms with Gasteiger partial charge in [-0.05, 0) is 0 Å². The molecule has 0 unspecified atom stereocenters. The number of methoxy groups -OCH3 is 2. The van der Waals surface area contributed by atoms with Gasteiger partial charge in [0.1, 0.15) is 18.1 Å². The average molecular weight is 365 g/mol. The molecule has 2 aromatic rings. The van der Waals surface area contributed by atoms with Gasteiger partial charge in [0.2, 0.25) is 0 Å². The lowest BCUT2D eigenvalue weighted by Gasteiger charge is -2.09. The van der Waals surface area contributed by atoms with Crippen molar-refractivity contribution < 1.29 is 28.7 Å². The maximum atomic E-state index is 11.3. The van der Waals surface area contributed by atoms with E-state index in [1.54, 1.807) is 16.9 Å². The number of carbonyl (C=O) groups excluding carboxylic acids is 1. The second kappa shape index (κ2) is 9.37. The number of rotatable bonds is 10. The highest BCUT2D eigenvalue weighted by atomic mass is 16.6. The van der Waals surface area contributed by atoms with Gasteiger partial charge in [0.25, 0.3) is 5.69 Å². The molecule has 0 amide bonds. The Morgan fingerprint density at radius 3 is 2.65 bits per heavy atom. The normalized spacial score (nSPS) is 10.4. The van der Waals surface area contributed by atoms with E-state index in [2.05, 4.69) is 9.84 Å². The van der Waals surface area contributed by atoms with E-state index in [-0.39, 0.29) is 18.9 Å². The Morgan fingerprint density at radius 2 is 1.96 bits per heavy atom. The molecule has 1 aromatic carbocycles. The minimum absolute atomic E-state index is 0.111. The van der Waals surface area contributed by atoms with Gasteiger partial charge in [-0.2, -0.15) is 5.10 Å². The Balaban J connectivity index is 1.72. The molecule has 0 spiro atoms. The van der Waals surface area contributed by atoms with Gasteiger partial charge < -0.3 is 18.9 Å². The molecule has 0 atom stereocenters. The van der Waals surface area contributed by atoms with E-state index in [0.717, 1.165) is 0 Å². The van der Waals surface area contributed by atoms with Crippen molar-refractivity contribution in [1.29, 1.82) is 0 Å². The van der Waals surface area contributed by atoms with E-state index in [0.29, 0.717) is 30.2 Å². The molecule has 0 fully saturated rings. The first kappa shape index (κ1) is 19.2. The summed E-state index contributed by atoms with van der Waals surface area (Å²) in [6.07, 6.45) is 2.99. The van der Waals surface area contributed by atoms with Crippen LogP contribution < -0.4 is 9.47 Å². The quantitative estimate of drug-likeness (QED) is 0.270. The number of esters is 1. The van der Waals surface area contributed by atoms with Gasteiger partial charge in [-0.25, -0.2) is 4.79 Å². The van der Waals surface area contributed by atoms with Crippen molar-refractivity contribution in [2.24, 2.45) is 0 Å². The molecule has 140 valence electrons. The van der Waals surface area contributed by atoms with E-state index in [1.165, 1.54) is 32.5 Å². The summed E-state index contributed by atoms with van der Waals surface area (Å²) in [4.78, 5) is 21.7. The van der Waals surface area contributed by atoms with Crippen LogP contribution in [0.25, 0.3) is 0 Å². The van der Waals surface area contributed by atoms with Crippen LogP contribution in [-0.4, -0.2) is 54.7 Å². The van der Waals surface area contributed by atoms with Crippen molar-refractivity contribution in [2.45, 2.75) is 6.54 Å². The minimum Gasteiger partial charge on any atom is -0.496 e. The average Bonchev–Trinajstić information content (AvgIpc) is 3.12. The number of hydrogen-bond donors (Lipinski definition) is 0. The number of nitro groups is 1. The number of nitro benzene ring substituents is 1. The third-order valence-electron chi connectivity index (χ3n) is 3.33. The highest BCUT2D eigenvalue weighted by Gasteiger charge is 2.11. The SMILES string of the molecule is COC(=O)c1cnn(CCOCCOc2cc(OC)cc([N+](=O)[O-])c2)c1. The third-order valence-corrected chi connectivity index (χ3v) is 3.33. The molecule has 26 heavy (non-hydrogen) atoms. The number of benzene rings is 1. The van der Waals surface area contributed by atoms with E-state index >= 15 is 0 Å². The van der Waals surface area contributed by atoms with Crippen LogP contribution in [0.1, 0.15) is 10.4 Å². The van der Waals surface area contributed by atoms with Crippen molar-refractivity contribution in [3.8, 4) is 11.5 Å². The summed E-state index contributed by atoms with van der Waals surface area (Å²) >= 11 is 0. The molecule has 0 aliphatic heterocycles. The van der Waals surface area contributed by atoms with Crippen LogP contribution in [0.2, 0.25) is 0 Å². The van der Waals surface area contributed by atoms with Crippen LogP contribution in [0.4, 0.5) is 5.69 Å². The van der Waals surface area contributed by atoms with E-state index in [9.17, 15) is 14.9 Å². The minimum atomic E-state index is -0.515. The van der Waals surface area contributed by atoms with Gasteiger partial charge in [0.15, 0.2) is 0 Å². The van der Waals surface area contributed by atoms with Crippen molar-refractivity contribution in [1.82, 2.24) is 9.78 Å². The fourth-order valence-corrected chi connectivity index (χ4v) is 2.05. The second-order valence-corrected chi connectivity index (χ2v) is 5.07. The molecule has 0 bridgehead atoms. The topological polar surface area (TPSA) is 115 Å². The predicted molar refractivity (Wildman–Crippen MR) is 89.5 cm³/mol. The van der Waals surface area contributed by atoms with Gasteiger partial charge in [0.05, 0.1) is 62.8 Å². The number of aromatic nitrogens is 2. The molecule has 0 aliphatic carbocycles. The Kier molecular flexibility index (Phi) is 6.92. The van der Waals surface area contributed by atoms with Crippen LogP contribution in [0, 0.1) is 10.1 Å². The summed E-state index contributed by atoms with van der Waals surface area (Å²) < 4.78 is 22.0. The maximum absolute atomic E-state index is 11.3. The van der Waals surface area contributed by atoms with Crippen LogP contribution >= 0.6 is 0 Å². The Bertz CT molecular complexity index is 760. The summed E-state index contributed by atoms with van der Waals surface area (Å²) in [7, 11) is 2.73. The number of hydrogen-bond acceptors (Lipinski definition) is 8. The zero-order valence-electron chi connectivity index (χ0n) is 14.4. The van der Waals surface area contributed by atoms with Gasteiger partial charge in [-0.15, -0.1) is 0 Å². The zero-order chi connectivity index (χ0) is 18.9. The number of non-ortho nitro benzene ring substituents is 1. The van der Waals surface area contributed by atoms with Crippen LogP contribution in [0.3, 0.4) is 0 Å². The Hall–Kier alpha value is -3.14. The summed E-state index contributed by atoms with van der Waals surface area (Å²) in [5.41, 5.74) is 0.260. The molecule has 0 aliphatic rings. The van der Waals surface area contributed by atoms with E-state index in [4.69, 9.17) is 14.2 Å². The molecule has 0 saturated carbocycles. The molecular formula is C16H19N3O7. The van der Waals surface area contributed by atoms with Gasteiger partial charge in [-0.3, -0.25) is 14.8 Å². The smallest absolute Gasteiger partial charge is 0.341 e. The van der Waals surface area contributed by atoms with Gasteiger partial charge in [0, 0.05) is 12.3 Å². The lowest BCUT2D eigenvalue weighted by Crippen LogP contribution is -2.12. The zero-order valence-corrected chi connectivity index (χ0v) is 14.4. The molecule has 10 heteroatoms. The maximum Gasteiger partial charge on any atom is 0.341 e. The molecule has 1 aromatic heterocycles. The third kappa shape index (κ3) is 5.45. The van der Waals surface area contributed by atoms with Gasteiger partial charge >= 0.3 is 5.97 Å². The van der Waals surface area contributed by atoms with E-state index in [1.807, 2.05) is 0 Å².